The highest BCUT2D eigenvalue weighted by Crippen LogP contribution is 2.25. The zero-order valence-corrected chi connectivity index (χ0v) is 15.8. The summed E-state index contributed by atoms with van der Waals surface area (Å²) in [5.41, 5.74) is 8.65. The van der Waals surface area contributed by atoms with Crippen molar-refractivity contribution in [1.29, 1.82) is 0 Å². The first-order chi connectivity index (χ1) is 12.4. The van der Waals surface area contributed by atoms with E-state index in [-0.39, 0.29) is 17.7 Å². The molecule has 138 valence electrons. The molecule has 1 unspecified atom stereocenters. The van der Waals surface area contributed by atoms with Gasteiger partial charge in [0, 0.05) is 13.1 Å². The van der Waals surface area contributed by atoms with E-state index in [4.69, 9.17) is 17.3 Å². The van der Waals surface area contributed by atoms with Gasteiger partial charge in [-0.2, -0.15) is 5.10 Å². The molecule has 1 aliphatic rings. The van der Waals surface area contributed by atoms with E-state index in [1.165, 1.54) is 5.56 Å². The fraction of sp³-hybridized carbons (Fsp3) is 0.421. The van der Waals surface area contributed by atoms with Crippen molar-refractivity contribution in [2.24, 2.45) is 11.7 Å². The second kappa shape index (κ2) is 7.50. The quantitative estimate of drug-likeness (QED) is 0.892. The fourth-order valence-corrected chi connectivity index (χ4v) is 3.63. The van der Waals surface area contributed by atoms with Crippen LogP contribution in [0.2, 0.25) is 5.15 Å². The summed E-state index contributed by atoms with van der Waals surface area (Å²) in [6.07, 6.45) is 1.48. The highest BCUT2D eigenvalue weighted by atomic mass is 35.5. The van der Waals surface area contributed by atoms with Crippen LogP contribution in [0.15, 0.2) is 24.3 Å². The first-order valence-electron chi connectivity index (χ1n) is 8.74. The summed E-state index contributed by atoms with van der Waals surface area (Å²) in [6.45, 7) is 5.25. The van der Waals surface area contributed by atoms with Gasteiger partial charge in [0.25, 0.3) is 5.91 Å². The summed E-state index contributed by atoms with van der Waals surface area (Å²) in [7, 11) is 0. The standard InChI is InChI=1S/C19H23ClN4O2/c1-12-5-7-14(8-6-12)10-24-17(20)16(13(2)22-24)19(26)23-9-3-4-15(11-23)18(21)25/h5-8,15H,3-4,9-11H2,1-2H3,(H2,21,25). The van der Waals surface area contributed by atoms with Crippen LogP contribution >= 0.6 is 11.6 Å². The Morgan fingerprint density at radius 3 is 2.62 bits per heavy atom. The Labute approximate surface area is 157 Å². The molecular weight excluding hydrogens is 352 g/mol. The van der Waals surface area contributed by atoms with Crippen LogP contribution < -0.4 is 5.73 Å². The summed E-state index contributed by atoms with van der Waals surface area (Å²) >= 11 is 6.49. The number of nitrogens with two attached hydrogens (primary N) is 1. The first-order valence-corrected chi connectivity index (χ1v) is 9.11. The van der Waals surface area contributed by atoms with Crippen molar-refractivity contribution in [2.45, 2.75) is 33.2 Å². The van der Waals surface area contributed by atoms with Crippen molar-refractivity contribution in [3.63, 3.8) is 0 Å². The van der Waals surface area contributed by atoms with Crippen molar-refractivity contribution >= 4 is 23.4 Å². The summed E-state index contributed by atoms with van der Waals surface area (Å²) in [4.78, 5) is 26.1. The number of primary amides is 1. The Kier molecular flexibility index (Phi) is 5.32. The number of carbonyl (C=O) groups is 2. The van der Waals surface area contributed by atoms with Gasteiger partial charge in [-0.25, -0.2) is 4.68 Å². The molecule has 0 saturated carbocycles. The maximum absolute atomic E-state index is 13.0. The number of halogens is 1. The molecule has 2 aromatic rings. The largest absolute Gasteiger partial charge is 0.369 e. The minimum atomic E-state index is -0.361. The smallest absolute Gasteiger partial charge is 0.258 e. The molecule has 1 saturated heterocycles. The third-order valence-corrected chi connectivity index (χ3v) is 5.23. The lowest BCUT2D eigenvalue weighted by Gasteiger charge is -2.31. The van der Waals surface area contributed by atoms with Gasteiger partial charge in [-0.3, -0.25) is 9.59 Å². The molecule has 1 aromatic carbocycles. The molecule has 0 radical (unpaired) electrons. The van der Waals surface area contributed by atoms with E-state index in [1.54, 1.807) is 16.5 Å². The van der Waals surface area contributed by atoms with Crippen LogP contribution in [0.25, 0.3) is 0 Å². The number of carbonyl (C=O) groups excluding carboxylic acids is 2. The minimum Gasteiger partial charge on any atom is -0.369 e. The average Bonchev–Trinajstić information content (AvgIpc) is 2.90. The van der Waals surface area contributed by atoms with Gasteiger partial charge >= 0.3 is 0 Å². The third-order valence-electron chi connectivity index (χ3n) is 4.84. The molecule has 1 atom stereocenters. The number of aryl methyl sites for hydroxylation is 2. The highest BCUT2D eigenvalue weighted by molar-refractivity contribution is 6.33. The van der Waals surface area contributed by atoms with E-state index >= 15 is 0 Å². The van der Waals surface area contributed by atoms with E-state index in [2.05, 4.69) is 5.10 Å². The van der Waals surface area contributed by atoms with Gasteiger partial charge in [-0.1, -0.05) is 41.4 Å². The highest BCUT2D eigenvalue weighted by Gasteiger charge is 2.31. The molecular formula is C19H23ClN4O2. The third kappa shape index (κ3) is 3.75. The van der Waals surface area contributed by atoms with Crippen LogP contribution in [0.5, 0.6) is 0 Å². The summed E-state index contributed by atoms with van der Waals surface area (Å²) < 4.78 is 1.64. The van der Waals surface area contributed by atoms with Gasteiger partial charge in [0.1, 0.15) is 5.15 Å². The Morgan fingerprint density at radius 2 is 1.96 bits per heavy atom. The van der Waals surface area contributed by atoms with Gasteiger partial charge in [0.2, 0.25) is 5.91 Å². The maximum Gasteiger partial charge on any atom is 0.258 e. The zero-order valence-electron chi connectivity index (χ0n) is 15.0. The Hall–Kier alpha value is -2.34. The number of aromatic nitrogens is 2. The first kappa shape index (κ1) is 18.5. The maximum atomic E-state index is 13.0. The Morgan fingerprint density at radius 1 is 1.27 bits per heavy atom. The number of nitrogens with zero attached hydrogens (tertiary/aromatic N) is 3. The molecule has 2 heterocycles. The molecule has 6 nitrogen and oxygen atoms in total. The van der Waals surface area contributed by atoms with Gasteiger partial charge in [0.05, 0.1) is 23.7 Å². The number of rotatable bonds is 4. The summed E-state index contributed by atoms with van der Waals surface area (Å²) in [5, 5.41) is 4.77. The molecule has 0 bridgehead atoms. The topological polar surface area (TPSA) is 81.2 Å². The van der Waals surface area contributed by atoms with E-state index in [9.17, 15) is 9.59 Å². The van der Waals surface area contributed by atoms with Crippen LogP contribution in [0, 0.1) is 19.8 Å². The van der Waals surface area contributed by atoms with E-state index in [0.717, 1.165) is 18.4 Å². The predicted octanol–water partition coefficient (Wildman–Crippen LogP) is 2.54. The number of hydrogen-bond acceptors (Lipinski definition) is 3. The van der Waals surface area contributed by atoms with Crippen molar-refractivity contribution in [3.8, 4) is 0 Å². The molecule has 7 heteroatoms. The monoisotopic (exact) mass is 374 g/mol. The van der Waals surface area contributed by atoms with Crippen LogP contribution in [-0.2, 0) is 11.3 Å². The lowest BCUT2D eigenvalue weighted by Crippen LogP contribution is -2.44. The normalized spacial score (nSPS) is 17.3. The summed E-state index contributed by atoms with van der Waals surface area (Å²) in [6, 6.07) is 8.10. The van der Waals surface area contributed by atoms with Gasteiger partial charge in [0.15, 0.2) is 0 Å². The van der Waals surface area contributed by atoms with Gasteiger partial charge in [-0.05, 0) is 32.3 Å². The van der Waals surface area contributed by atoms with E-state index in [1.807, 2.05) is 31.2 Å². The second-order valence-electron chi connectivity index (χ2n) is 6.89. The van der Waals surface area contributed by atoms with Crippen LogP contribution in [-0.4, -0.2) is 39.6 Å². The van der Waals surface area contributed by atoms with Crippen LogP contribution in [0.3, 0.4) is 0 Å². The average molecular weight is 375 g/mol. The van der Waals surface area contributed by atoms with Gasteiger partial charge < -0.3 is 10.6 Å². The number of benzene rings is 1. The number of piperidine rings is 1. The second-order valence-corrected chi connectivity index (χ2v) is 7.25. The van der Waals surface area contributed by atoms with E-state index < -0.39 is 0 Å². The molecule has 0 spiro atoms. The van der Waals surface area contributed by atoms with E-state index in [0.29, 0.717) is 36.0 Å². The predicted molar refractivity (Wildman–Crippen MR) is 100 cm³/mol. The molecule has 1 fully saturated rings. The SMILES string of the molecule is Cc1ccc(Cn2nc(C)c(C(=O)N3CCCC(C(N)=O)C3)c2Cl)cc1. The van der Waals surface area contributed by atoms with Crippen LogP contribution in [0.4, 0.5) is 0 Å². The van der Waals surface area contributed by atoms with Crippen molar-refractivity contribution in [1.82, 2.24) is 14.7 Å². The van der Waals surface area contributed by atoms with Crippen molar-refractivity contribution < 1.29 is 9.59 Å². The molecule has 1 aromatic heterocycles. The Balaban J connectivity index is 1.82. The number of hydrogen-bond donors (Lipinski definition) is 1. The molecule has 2 amide bonds. The molecule has 2 N–H and O–H groups in total. The van der Waals surface area contributed by atoms with Gasteiger partial charge in [-0.15, -0.1) is 0 Å². The molecule has 1 aliphatic heterocycles. The fourth-order valence-electron chi connectivity index (χ4n) is 3.32. The van der Waals surface area contributed by atoms with Crippen molar-refractivity contribution in [2.75, 3.05) is 13.1 Å². The molecule has 3 rings (SSSR count). The number of likely N-dealkylation sites (tertiary alicyclic amines) is 1. The molecule has 0 aliphatic carbocycles. The Bertz CT molecular complexity index is 829. The van der Waals surface area contributed by atoms with Crippen LogP contribution in [0.1, 0.15) is 40.0 Å². The lowest BCUT2D eigenvalue weighted by molar-refractivity contribution is -0.123. The number of amides is 2. The summed E-state index contributed by atoms with van der Waals surface area (Å²) in [5.74, 6) is -0.844. The minimum absolute atomic E-state index is 0.186. The van der Waals surface area contributed by atoms with Crippen molar-refractivity contribution in [3.05, 3.63) is 51.8 Å². The zero-order chi connectivity index (χ0) is 18.8. The lowest BCUT2D eigenvalue weighted by atomic mass is 9.97. The molecule has 26 heavy (non-hydrogen) atoms.